The molecule has 0 radical (unpaired) electrons. The summed E-state index contributed by atoms with van der Waals surface area (Å²) in [6.45, 7) is 5.12. The second-order valence-electron chi connectivity index (χ2n) is 6.05. The van der Waals surface area contributed by atoms with E-state index in [1.807, 2.05) is 36.4 Å². The molecule has 0 amide bonds. The largest absolute Gasteiger partial charge is 0.508 e. The van der Waals surface area contributed by atoms with Gasteiger partial charge >= 0.3 is 12.1 Å². The van der Waals surface area contributed by atoms with E-state index < -0.39 is 12.1 Å². The van der Waals surface area contributed by atoms with Crippen molar-refractivity contribution in [1.82, 2.24) is 0 Å². The number of ether oxygens (including phenoxy) is 3. The molecule has 0 N–H and O–H groups in total. The molecule has 0 saturated carbocycles. The SMILES string of the molecule is C=C(C)C(=O)OCCOC(=O)OCC1c2ccccc2-c2ccccc21. The molecule has 1 aliphatic rings. The summed E-state index contributed by atoms with van der Waals surface area (Å²) in [7, 11) is 0. The summed E-state index contributed by atoms with van der Waals surface area (Å²) in [5.74, 6) is -0.530. The quantitative estimate of drug-likeness (QED) is 0.445. The third kappa shape index (κ3) is 3.77. The van der Waals surface area contributed by atoms with Crippen LogP contribution in [0, 0.1) is 0 Å². The molecule has 0 unspecified atom stereocenters. The molecule has 0 atom stereocenters. The van der Waals surface area contributed by atoms with Crippen LogP contribution in [-0.2, 0) is 19.0 Å². The van der Waals surface area contributed by atoms with Gasteiger partial charge in [-0.05, 0) is 29.2 Å². The molecule has 134 valence electrons. The Hall–Kier alpha value is -3.08. The van der Waals surface area contributed by atoms with Crippen LogP contribution >= 0.6 is 0 Å². The van der Waals surface area contributed by atoms with E-state index in [-0.39, 0.29) is 25.7 Å². The van der Waals surface area contributed by atoms with Crippen LogP contribution < -0.4 is 0 Å². The monoisotopic (exact) mass is 352 g/mol. The van der Waals surface area contributed by atoms with Crippen LogP contribution in [0.1, 0.15) is 24.0 Å². The molecule has 5 heteroatoms. The van der Waals surface area contributed by atoms with Gasteiger partial charge in [0.25, 0.3) is 0 Å². The number of carbonyl (C=O) groups excluding carboxylic acids is 2. The maximum absolute atomic E-state index is 11.8. The summed E-state index contributed by atoms with van der Waals surface area (Å²) in [5, 5.41) is 0. The number of rotatable bonds is 6. The summed E-state index contributed by atoms with van der Waals surface area (Å²) < 4.78 is 15.1. The first-order chi connectivity index (χ1) is 12.6. The first kappa shape index (κ1) is 17.7. The zero-order valence-corrected chi connectivity index (χ0v) is 14.6. The van der Waals surface area contributed by atoms with Crippen molar-refractivity contribution in [2.45, 2.75) is 12.8 Å². The maximum Gasteiger partial charge on any atom is 0.508 e. The predicted octanol–water partition coefficient (Wildman–Crippen LogP) is 4.07. The molecule has 0 fully saturated rings. The number of fused-ring (bicyclic) bond motifs is 3. The van der Waals surface area contributed by atoms with Crippen molar-refractivity contribution < 1.29 is 23.8 Å². The molecule has 3 rings (SSSR count). The van der Waals surface area contributed by atoms with E-state index in [9.17, 15) is 9.59 Å². The Morgan fingerprint density at radius 3 is 2.00 bits per heavy atom. The fraction of sp³-hybridized carbons (Fsp3) is 0.238. The van der Waals surface area contributed by atoms with Crippen LogP contribution in [-0.4, -0.2) is 31.9 Å². The molecule has 0 aliphatic heterocycles. The van der Waals surface area contributed by atoms with Gasteiger partial charge in [0.2, 0.25) is 0 Å². The van der Waals surface area contributed by atoms with E-state index in [4.69, 9.17) is 14.2 Å². The van der Waals surface area contributed by atoms with E-state index in [1.54, 1.807) is 6.92 Å². The van der Waals surface area contributed by atoms with Crippen LogP contribution in [0.4, 0.5) is 4.79 Å². The standard InChI is InChI=1S/C21H20O5/c1-14(2)20(22)24-11-12-25-21(23)26-13-19-17-9-5-3-7-15(17)16-8-4-6-10-18(16)19/h3-10,19H,1,11-13H2,2H3. The van der Waals surface area contributed by atoms with Crippen LogP contribution in [0.2, 0.25) is 0 Å². The fourth-order valence-electron chi connectivity index (χ4n) is 3.01. The number of carbonyl (C=O) groups is 2. The number of hydrogen-bond acceptors (Lipinski definition) is 5. The van der Waals surface area contributed by atoms with Crippen molar-refractivity contribution in [3.63, 3.8) is 0 Å². The van der Waals surface area contributed by atoms with Crippen molar-refractivity contribution >= 4 is 12.1 Å². The second-order valence-corrected chi connectivity index (χ2v) is 6.05. The van der Waals surface area contributed by atoms with Gasteiger partial charge in [0.1, 0.15) is 19.8 Å². The third-order valence-corrected chi connectivity index (χ3v) is 4.22. The van der Waals surface area contributed by atoms with E-state index in [0.29, 0.717) is 5.57 Å². The van der Waals surface area contributed by atoms with E-state index in [0.717, 1.165) is 22.3 Å². The van der Waals surface area contributed by atoms with Gasteiger partial charge in [-0.15, -0.1) is 0 Å². The van der Waals surface area contributed by atoms with Crippen LogP contribution in [0.5, 0.6) is 0 Å². The fourth-order valence-corrected chi connectivity index (χ4v) is 3.01. The summed E-state index contributed by atoms with van der Waals surface area (Å²) in [6.07, 6.45) is -0.779. The van der Waals surface area contributed by atoms with Gasteiger partial charge in [0, 0.05) is 11.5 Å². The van der Waals surface area contributed by atoms with Crippen molar-refractivity contribution in [2.24, 2.45) is 0 Å². The Kier molecular flexibility index (Phi) is 5.37. The Morgan fingerprint density at radius 1 is 0.885 bits per heavy atom. The van der Waals surface area contributed by atoms with Crippen molar-refractivity contribution in [1.29, 1.82) is 0 Å². The zero-order chi connectivity index (χ0) is 18.5. The minimum atomic E-state index is -0.779. The first-order valence-electron chi connectivity index (χ1n) is 8.38. The lowest BCUT2D eigenvalue weighted by Crippen LogP contribution is -2.17. The van der Waals surface area contributed by atoms with Gasteiger partial charge in [-0.25, -0.2) is 9.59 Å². The molecule has 2 aromatic rings. The Morgan fingerprint density at radius 2 is 1.42 bits per heavy atom. The molecular formula is C21H20O5. The van der Waals surface area contributed by atoms with Crippen LogP contribution in [0.25, 0.3) is 11.1 Å². The van der Waals surface area contributed by atoms with E-state index >= 15 is 0 Å². The number of hydrogen-bond donors (Lipinski definition) is 0. The minimum Gasteiger partial charge on any atom is -0.459 e. The molecule has 1 aliphatic carbocycles. The first-order valence-corrected chi connectivity index (χ1v) is 8.38. The summed E-state index contributed by atoms with van der Waals surface area (Å²) in [5.41, 5.74) is 4.90. The van der Waals surface area contributed by atoms with E-state index in [2.05, 4.69) is 18.7 Å². The van der Waals surface area contributed by atoms with Gasteiger partial charge in [0.15, 0.2) is 0 Å². The lowest BCUT2D eigenvalue weighted by molar-refractivity contribution is -0.140. The maximum atomic E-state index is 11.8. The van der Waals surface area contributed by atoms with Gasteiger partial charge in [-0.3, -0.25) is 0 Å². The average Bonchev–Trinajstić information content (AvgIpc) is 2.97. The lowest BCUT2D eigenvalue weighted by atomic mass is 9.98. The van der Waals surface area contributed by atoms with Crippen LogP contribution in [0.15, 0.2) is 60.7 Å². The molecule has 0 spiro atoms. The van der Waals surface area contributed by atoms with Crippen molar-refractivity contribution in [3.05, 3.63) is 71.8 Å². The minimum absolute atomic E-state index is 0.0174. The van der Waals surface area contributed by atoms with Gasteiger partial charge in [0.05, 0.1) is 0 Å². The molecule has 0 bridgehead atoms. The smallest absolute Gasteiger partial charge is 0.459 e. The van der Waals surface area contributed by atoms with Crippen LogP contribution in [0.3, 0.4) is 0 Å². The number of esters is 1. The van der Waals surface area contributed by atoms with E-state index in [1.165, 1.54) is 0 Å². The third-order valence-electron chi connectivity index (χ3n) is 4.22. The highest BCUT2D eigenvalue weighted by atomic mass is 16.7. The van der Waals surface area contributed by atoms with Gasteiger partial charge in [-0.2, -0.15) is 0 Å². The molecular weight excluding hydrogens is 332 g/mol. The molecule has 5 nitrogen and oxygen atoms in total. The van der Waals surface area contributed by atoms with Crippen molar-refractivity contribution in [3.8, 4) is 11.1 Å². The molecule has 0 saturated heterocycles. The topological polar surface area (TPSA) is 61.8 Å². The highest BCUT2D eigenvalue weighted by molar-refractivity contribution is 5.86. The van der Waals surface area contributed by atoms with Crippen molar-refractivity contribution in [2.75, 3.05) is 19.8 Å². The zero-order valence-electron chi connectivity index (χ0n) is 14.6. The summed E-state index contributed by atoms with van der Waals surface area (Å²) in [4.78, 5) is 23.0. The second kappa shape index (κ2) is 7.87. The highest BCUT2D eigenvalue weighted by Gasteiger charge is 2.29. The summed E-state index contributed by atoms with van der Waals surface area (Å²) in [6, 6.07) is 16.2. The average molecular weight is 352 g/mol. The Bertz CT molecular complexity index is 794. The highest BCUT2D eigenvalue weighted by Crippen LogP contribution is 2.44. The summed E-state index contributed by atoms with van der Waals surface area (Å²) >= 11 is 0. The molecule has 26 heavy (non-hydrogen) atoms. The number of benzene rings is 2. The normalized spacial score (nSPS) is 12.0. The molecule has 0 aromatic heterocycles. The molecule has 2 aromatic carbocycles. The Labute approximate surface area is 152 Å². The van der Waals surface area contributed by atoms with Gasteiger partial charge < -0.3 is 14.2 Å². The van der Waals surface area contributed by atoms with Gasteiger partial charge in [-0.1, -0.05) is 55.1 Å². The predicted molar refractivity (Wildman–Crippen MR) is 96.8 cm³/mol. The Balaban J connectivity index is 1.54. The molecule has 0 heterocycles. The lowest BCUT2D eigenvalue weighted by Gasteiger charge is -2.14.